The van der Waals surface area contributed by atoms with Gasteiger partial charge in [-0.1, -0.05) is 20.8 Å². The van der Waals surface area contributed by atoms with Crippen molar-refractivity contribution in [2.24, 2.45) is 5.41 Å². The van der Waals surface area contributed by atoms with E-state index in [2.05, 4.69) is 25.6 Å². The lowest BCUT2D eigenvalue weighted by molar-refractivity contribution is -0.154. The molecule has 3 heterocycles. The van der Waals surface area contributed by atoms with Gasteiger partial charge in [0, 0.05) is 37.8 Å². The topological polar surface area (TPSA) is 250 Å². The first-order valence-electron chi connectivity index (χ1n) is 14.3. The van der Waals surface area contributed by atoms with E-state index in [-0.39, 0.29) is 57.2 Å². The van der Waals surface area contributed by atoms with Crippen LogP contribution in [0.15, 0.2) is 12.7 Å². The Kier molecular flexibility index (Phi) is 12.3. The van der Waals surface area contributed by atoms with E-state index in [4.69, 9.17) is 19.9 Å². The Labute approximate surface area is 253 Å². The maximum atomic E-state index is 12.3. The summed E-state index contributed by atoms with van der Waals surface area (Å²) in [5, 5.41) is 36.5. The van der Waals surface area contributed by atoms with E-state index < -0.39 is 53.9 Å². The number of hydrogen-bond donors (Lipinski definition) is 6. The molecule has 5 atom stereocenters. The number of hydrogen-bond acceptors (Lipinski definition) is 14. The zero-order chi connectivity index (χ0) is 32.4. The Morgan fingerprint density at radius 2 is 1.75 bits per heavy atom. The first-order valence-corrected chi connectivity index (χ1v) is 14.3. The number of nitrogen functional groups attached to an aromatic ring is 1. The Balaban J connectivity index is 1.35. The van der Waals surface area contributed by atoms with Gasteiger partial charge in [-0.3, -0.25) is 23.7 Å². The molecule has 1 aliphatic heterocycles. The average molecular weight is 624 g/mol. The van der Waals surface area contributed by atoms with E-state index in [1.165, 1.54) is 17.2 Å². The number of aliphatic hydroxyl groups excluding tert-OH is 3. The highest BCUT2D eigenvalue weighted by Gasteiger charge is 2.45. The van der Waals surface area contributed by atoms with E-state index in [1.807, 2.05) is 6.92 Å². The van der Waals surface area contributed by atoms with Gasteiger partial charge < -0.3 is 45.9 Å². The quantitative estimate of drug-likeness (QED) is 0.119. The highest BCUT2D eigenvalue weighted by atomic mass is 16.6. The van der Waals surface area contributed by atoms with Crippen LogP contribution in [0.5, 0.6) is 0 Å². The van der Waals surface area contributed by atoms with Gasteiger partial charge in [-0.05, 0) is 12.8 Å². The molecular weight excluding hydrogens is 582 g/mol. The Morgan fingerprint density at radius 3 is 2.45 bits per heavy atom. The summed E-state index contributed by atoms with van der Waals surface area (Å²) in [6.07, 6.45) is -3.05. The summed E-state index contributed by atoms with van der Waals surface area (Å²) in [6.45, 7) is 5.01. The Hall–Kier alpha value is -3.93. The molecule has 1 saturated heterocycles. The first-order chi connectivity index (χ1) is 20.9. The molecule has 17 heteroatoms. The van der Waals surface area contributed by atoms with Crippen LogP contribution in [0, 0.1) is 5.41 Å². The molecule has 0 spiro atoms. The number of aromatic nitrogens is 4. The number of fused-ring (bicyclic) bond motifs is 1. The van der Waals surface area contributed by atoms with Crippen LogP contribution in [0.25, 0.3) is 11.2 Å². The van der Waals surface area contributed by atoms with Gasteiger partial charge in [0.1, 0.15) is 42.9 Å². The summed E-state index contributed by atoms with van der Waals surface area (Å²) >= 11 is 0. The standard InChI is InChI=1S/C27H41N7O10/c1-4-9-29-16(35)8-10-30-25(41)22(40)27(2,3)12-43-18(37)7-5-6-17(36)42-11-15-20(38)21(39)26(44-15)34-14-33-19-23(28)31-13-32-24(19)34/h13-15,20-22,26,38-40H,4-12H2,1-3H3,(H,29,35)(H,30,41)(H2,28,31,32)/t15-,20-,21-,22-,26-/m0/s1. The lowest BCUT2D eigenvalue weighted by atomic mass is 9.87. The van der Waals surface area contributed by atoms with Gasteiger partial charge in [-0.15, -0.1) is 0 Å². The summed E-state index contributed by atoms with van der Waals surface area (Å²) in [7, 11) is 0. The van der Waals surface area contributed by atoms with Crippen LogP contribution in [0.1, 0.15) is 59.1 Å². The molecule has 7 N–H and O–H groups in total. The first kappa shape index (κ1) is 34.6. The van der Waals surface area contributed by atoms with Gasteiger partial charge >= 0.3 is 11.9 Å². The number of esters is 2. The number of anilines is 1. The maximum absolute atomic E-state index is 12.3. The molecule has 2 amide bonds. The smallest absolute Gasteiger partial charge is 0.305 e. The molecule has 0 aliphatic carbocycles. The lowest BCUT2D eigenvalue weighted by Crippen LogP contribution is -2.47. The normalized spacial score (nSPS) is 20.7. The number of rotatable bonds is 16. The van der Waals surface area contributed by atoms with Crippen LogP contribution in [0.2, 0.25) is 0 Å². The van der Waals surface area contributed by atoms with Crippen molar-refractivity contribution in [3.63, 3.8) is 0 Å². The monoisotopic (exact) mass is 623 g/mol. The fraction of sp³-hybridized carbons (Fsp3) is 0.667. The number of nitrogens with two attached hydrogens (primary N) is 1. The largest absolute Gasteiger partial charge is 0.465 e. The minimum atomic E-state index is -1.49. The molecule has 1 aliphatic rings. The number of nitrogens with one attached hydrogen (secondary N) is 2. The van der Waals surface area contributed by atoms with Crippen LogP contribution in [-0.4, -0.2) is 109 Å². The van der Waals surface area contributed by atoms with Gasteiger partial charge in [-0.25, -0.2) is 15.0 Å². The van der Waals surface area contributed by atoms with Crippen molar-refractivity contribution in [1.29, 1.82) is 0 Å². The predicted octanol–water partition coefficient (Wildman–Crippen LogP) is -1.30. The molecule has 44 heavy (non-hydrogen) atoms. The molecule has 0 aromatic carbocycles. The molecule has 1 fully saturated rings. The number of nitrogens with zero attached hydrogens (tertiary/aromatic N) is 4. The van der Waals surface area contributed by atoms with Gasteiger partial charge in [0.15, 0.2) is 17.7 Å². The number of ether oxygens (including phenoxy) is 3. The van der Waals surface area contributed by atoms with Crippen molar-refractivity contribution in [3.05, 3.63) is 12.7 Å². The van der Waals surface area contributed by atoms with Crippen molar-refractivity contribution >= 4 is 40.7 Å². The third kappa shape index (κ3) is 9.04. The zero-order valence-corrected chi connectivity index (χ0v) is 25.0. The van der Waals surface area contributed by atoms with Crippen molar-refractivity contribution in [3.8, 4) is 0 Å². The number of amides is 2. The van der Waals surface area contributed by atoms with Crippen LogP contribution < -0.4 is 16.4 Å². The summed E-state index contributed by atoms with van der Waals surface area (Å²) in [4.78, 5) is 60.4. The summed E-state index contributed by atoms with van der Waals surface area (Å²) in [5.41, 5.74) is 5.27. The zero-order valence-electron chi connectivity index (χ0n) is 25.0. The second-order valence-corrected chi connectivity index (χ2v) is 11.1. The molecule has 3 rings (SSSR count). The van der Waals surface area contributed by atoms with Crippen LogP contribution in [0.4, 0.5) is 5.82 Å². The van der Waals surface area contributed by atoms with Gasteiger partial charge in [0.05, 0.1) is 12.9 Å². The highest BCUT2D eigenvalue weighted by molar-refractivity contribution is 5.83. The molecule has 2 aromatic rings. The SMILES string of the molecule is CCCNC(=O)CCNC(=O)[C@H](O)C(C)(C)COC(=O)CCCC(=O)OC[C@@H]1O[C@H](n2cnc3c(N)ncnc32)[C@@H](O)[C@H]1O. The molecular formula is C27H41N7O10. The Morgan fingerprint density at radius 1 is 1.05 bits per heavy atom. The minimum Gasteiger partial charge on any atom is -0.465 e. The molecule has 0 saturated carbocycles. The van der Waals surface area contributed by atoms with Crippen LogP contribution in [-0.2, 0) is 33.4 Å². The third-order valence-electron chi connectivity index (χ3n) is 6.99. The third-order valence-corrected chi connectivity index (χ3v) is 6.99. The molecule has 0 bridgehead atoms. The molecule has 0 radical (unpaired) electrons. The predicted molar refractivity (Wildman–Crippen MR) is 152 cm³/mol. The highest BCUT2D eigenvalue weighted by Crippen LogP contribution is 2.32. The van der Waals surface area contributed by atoms with Crippen molar-refractivity contribution in [2.45, 2.75) is 83.5 Å². The summed E-state index contributed by atoms with van der Waals surface area (Å²) in [5.74, 6) is -2.05. The summed E-state index contributed by atoms with van der Waals surface area (Å²) < 4.78 is 17.5. The second-order valence-electron chi connectivity index (χ2n) is 11.1. The fourth-order valence-corrected chi connectivity index (χ4v) is 4.30. The molecule has 2 aromatic heterocycles. The fourth-order valence-electron chi connectivity index (χ4n) is 4.30. The minimum absolute atomic E-state index is 0.0527. The maximum Gasteiger partial charge on any atom is 0.305 e. The number of aliphatic hydroxyl groups is 3. The van der Waals surface area contributed by atoms with E-state index >= 15 is 0 Å². The van der Waals surface area contributed by atoms with Crippen LogP contribution >= 0.6 is 0 Å². The molecule has 0 unspecified atom stereocenters. The number of carbonyl (C=O) groups is 4. The number of imidazole rings is 1. The average Bonchev–Trinajstić information content (AvgIpc) is 3.54. The van der Waals surface area contributed by atoms with Crippen molar-refractivity contribution < 1.29 is 48.7 Å². The van der Waals surface area contributed by atoms with Crippen molar-refractivity contribution in [1.82, 2.24) is 30.2 Å². The summed E-state index contributed by atoms with van der Waals surface area (Å²) in [6, 6.07) is 0. The number of carbonyl (C=O) groups excluding carboxylic acids is 4. The van der Waals surface area contributed by atoms with Gasteiger partial charge in [-0.2, -0.15) is 0 Å². The van der Waals surface area contributed by atoms with Gasteiger partial charge in [0.25, 0.3) is 0 Å². The Bertz CT molecular complexity index is 1300. The van der Waals surface area contributed by atoms with Crippen LogP contribution in [0.3, 0.4) is 0 Å². The molecule has 17 nitrogen and oxygen atoms in total. The van der Waals surface area contributed by atoms with E-state index in [1.54, 1.807) is 13.8 Å². The van der Waals surface area contributed by atoms with Gasteiger partial charge in [0.2, 0.25) is 11.8 Å². The van der Waals surface area contributed by atoms with E-state index in [0.717, 1.165) is 6.42 Å². The molecule has 244 valence electrons. The van der Waals surface area contributed by atoms with E-state index in [0.29, 0.717) is 17.7 Å². The second kappa shape index (κ2) is 15.7. The van der Waals surface area contributed by atoms with E-state index in [9.17, 15) is 34.5 Å². The lowest BCUT2D eigenvalue weighted by Gasteiger charge is -2.29. The van der Waals surface area contributed by atoms with Crippen molar-refractivity contribution in [2.75, 3.05) is 32.0 Å².